The highest BCUT2D eigenvalue weighted by Gasteiger charge is 2.26. The van der Waals surface area contributed by atoms with E-state index in [0.29, 0.717) is 21.8 Å². The van der Waals surface area contributed by atoms with Crippen molar-refractivity contribution in [3.63, 3.8) is 0 Å². The van der Waals surface area contributed by atoms with Crippen LogP contribution in [-0.4, -0.2) is 30.1 Å². The minimum absolute atomic E-state index is 0.139. The molecule has 0 aliphatic heterocycles. The van der Waals surface area contributed by atoms with E-state index >= 15 is 0 Å². The number of aryl methyl sites for hydroxylation is 1. The van der Waals surface area contributed by atoms with Crippen molar-refractivity contribution in [2.45, 2.75) is 50.3 Å². The molecule has 0 bridgehead atoms. The van der Waals surface area contributed by atoms with Crippen molar-refractivity contribution < 1.29 is 23.5 Å². The first-order chi connectivity index (χ1) is 17.9. The van der Waals surface area contributed by atoms with Gasteiger partial charge in [0.2, 0.25) is 5.91 Å². The molecule has 0 saturated carbocycles. The normalized spacial score (nSPS) is 13.1. The first kappa shape index (κ1) is 26.9. The standard InChI is InChI=1S/C28H29FN2O4S2/c1-2-35-28(34)25-22-10-5-3-4-6-11-23(22)37-27(25)31-24(32)17-36-21-9-7-8-20(16-21)30-26(33)18-12-14-19(29)15-13-18/h7-9,12-16H,2-6,10-11,17H2,1H3,(H,30,33)(H,31,32). The van der Waals surface area contributed by atoms with Crippen LogP contribution in [-0.2, 0) is 22.4 Å². The second-order valence-electron chi connectivity index (χ2n) is 8.67. The molecule has 0 saturated heterocycles. The van der Waals surface area contributed by atoms with Gasteiger partial charge >= 0.3 is 5.97 Å². The van der Waals surface area contributed by atoms with Crippen molar-refractivity contribution in [2.24, 2.45) is 0 Å². The molecule has 0 unspecified atom stereocenters. The van der Waals surface area contributed by atoms with Crippen molar-refractivity contribution in [1.29, 1.82) is 0 Å². The van der Waals surface area contributed by atoms with Crippen LogP contribution in [0.1, 0.15) is 63.8 Å². The summed E-state index contributed by atoms with van der Waals surface area (Å²) in [4.78, 5) is 40.0. The van der Waals surface area contributed by atoms with Crippen LogP contribution in [0.15, 0.2) is 53.4 Å². The molecule has 6 nitrogen and oxygen atoms in total. The van der Waals surface area contributed by atoms with Gasteiger partial charge in [0.15, 0.2) is 0 Å². The smallest absolute Gasteiger partial charge is 0.341 e. The summed E-state index contributed by atoms with van der Waals surface area (Å²) in [5, 5.41) is 6.30. The molecule has 0 fully saturated rings. The van der Waals surface area contributed by atoms with E-state index < -0.39 is 5.82 Å². The number of fused-ring (bicyclic) bond motifs is 1. The fraction of sp³-hybridized carbons (Fsp3) is 0.321. The summed E-state index contributed by atoms with van der Waals surface area (Å²) in [6.45, 7) is 2.06. The molecule has 1 aromatic heterocycles. The third kappa shape index (κ3) is 7.20. The number of carbonyl (C=O) groups is 3. The van der Waals surface area contributed by atoms with Gasteiger partial charge in [-0.1, -0.05) is 18.9 Å². The van der Waals surface area contributed by atoms with Crippen LogP contribution < -0.4 is 10.6 Å². The van der Waals surface area contributed by atoms with E-state index in [1.54, 1.807) is 25.1 Å². The van der Waals surface area contributed by atoms with Gasteiger partial charge in [-0.05, 0) is 80.6 Å². The topological polar surface area (TPSA) is 84.5 Å². The van der Waals surface area contributed by atoms with Crippen LogP contribution in [0.4, 0.5) is 15.1 Å². The van der Waals surface area contributed by atoms with Gasteiger partial charge in [0, 0.05) is 21.0 Å². The summed E-state index contributed by atoms with van der Waals surface area (Å²) < 4.78 is 18.4. The first-order valence-electron chi connectivity index (χ1n) is 12.4. The van der Waals surface area contributed by atoms with Crippen LogP contribution in [0.25, 0.3) is 0 Å². The fourth-order valence-corrected chi connectivity index (χ4v) is 6.26. The van der Waals surface area contributed by atoms with Gasteiger partial charge < -0.3 is 15.4 Å². The Hall–Kier alpha value is -3.17. The Morgan fingerprint density at radius 2 is 1.76 bits per heavy atom. The summed E-state index contributed by atoms with van der Waals surface area (Å²) in [7, 11) is 0. The molecule has 1 heterocycles. The Morgan fingerprint density at radius 1 is 1.00 bits per heavy atom. The van der Waals surface area contributed by atoms with Crippen LogP contribution in [0.5, 0.6) is 0 Å². The van der Waals surface area contributed by atoms with Gasteiger partial charge in [-0.15, -0.1) is 23.1 Å². The monoisotopic (exact) mass is 540 g/mol. The van der Waals surface area contributed by atoms with Crippen LogP contribution >= 0.6 is 23.1 Å². The molecule has 2 N–H and O–H groups in total. The van der Waals surface area contributed by atoms with Gasteiger partial charge in [-0.3, -0.25) is 9.59 Å². The fourth-order valence-electron chi connectivity index (χ4n) is 4.21. The highest BCUT2D eigenvalue weighted by atomic mass is 32.2. The van der Waals surface area contributed by atoms with Crippen molar-refractivity contribution in [3.05, 3.63) is 75.9 Å². The molecule has 3 aromatic rings. The minimum atomic E-state index is -0.406. The number of anilines is 2. The Kier molecular flexibility index (Phi) is 9.35. The van der Waals surface area contributed by atoms with E-state index in [1.807, 2.05) is 6.07 Å². The lowest BCUT2D eigenvalue weighted by Gasteiger charge is -2.11. The summed E-state index contributed by atoms with van der Waals surface area (Å²) in [6, 6.07) is 12.5. The maximum Gasteiger partial charge on any atom is 0.341 e. The Bertz CT molecular complexity index is 1270. The van der Waals surface area contributed by atoms with E-state index in [0.717, 1.165) is 47.4 Å². The van der Waals surface area contributed by atoms with Crippen molar-refractivity contribution in [1.82, 2.24) is 0 Å². The number of thioether (sulfide) groups is 1. The summed E-state index contributed by atoms with van der Waals surface area (Å²) >= 11 is 2.81. The average Bonchev–Trinajstić information content (AvgIpc) is 3.19. The lowest BCUT2D eigenvalue weighted by atomic mass is 9.96. The summed E-state index contributed by atoms with van der Waals surface area (Å²) in [5.74, 6) is -1.21. The molecular formula is C28H29FN2O4S2. The lowest BCUT2D eigenvalue weighted by molar-refractivity contribution is -0.113. The molecule has 0 radical (unpaired) electrons. The second-order valence-corrected chi connectivity index (χ2v) is 10.8. The van der Waals surface area contributed by atoms with Crippen molar-refractivity contribution >= 4 is 51.6 Å². The zero-order chi connectivity index (χ0) is 26.2. The minimum Gasteiger partial charge on any atom is -0.462 e. The zero-order valence-electron chi connectivity index (χ0n) is 20.6. The largest absolute Gasteiger partial charge is 0.462 e. The number of carbonyl (C=O) groups excluding carboxylic acids is 3. The Balaban J connectivity index is 1.41. The van der Waals surface area contributed by atoms with Crippen molar-refractivity contribution in [3.8, 4) is 0 Å². The summed E-state index contributed by atoms with van der Waals surface area (Å²) in [6.07, 6.45) is 6.14. The number of hydrogen-bond donors (Lipinski definition) is 2. The number of benzene rings is 2. The van der Waals surface area contributed by atoms with Gasteiger partial charge in [-0.25, -0.2) is 9.18 Å². The number of halogens is 1. The SMILES string of the molecule is CCOC(=O)c1c(NC(=O)CSc2cccc(NC(=O)c3ccc(F)cc3)c2)sc2c1CCCCCC2. The molecule has 194 valence electrons. The number of hydrogen-bond acceptors (Lipinski definition) is 6. The first-order valence-corrected chi connectivity index (χ1v) is 14.2. The average molecular weight is 541 g/mol. The lowest BCUT2D eigenvalue weighted by Crippen LogP contribution is -2.17. The van der Waals surface area contributed by atoms with E-state index in [-0.39, 0.29) is 30.1 Å². The molecule has 4 rings (SSSR count). The highest BCUT2D eigenvalue weighted by molar-refractivity contribution is 8.00. The Morgan fingerprint density at radius 3 is 2.51 bits per heavy atom. The van der Waals surface area contributed by atoms with E-state index in [2.05, 4.69) is 10.6 Å². The molecule has 2 amide bonds. The van der Waals surface area contributed by atoms with Gasteiger partial charge in [0.1, 0.15) is 10.8 Å². The maximum absolute atomic E-state index is 13.1. The number of ether oxygens (including phenoxy) is 1. The van der Waals surface area contributed by atoms with E-state index in [4.69, 9.17) is 4.74 Å². The number of rotatable bonds is 8. The van der Waals surface area contributed by atoms with Crippen LogP contribution in [0, 0.1) is 5.82 Å². The quantitative estimate of drug-likeness (QED) is 0.245. The molecule has 0 atom stereocenters. The van der Waals surface area contributed by atoms with Gasteiger partial charge in [0.25, 0.3) is 5.91 Å². The van der Waals surface area contributed by atoms with E-state index in [9.17, 15) is 18.8 Å². The number of nitrogens with one attached hydrogen (secondary N) is 2. The highest BCUT2D eigenvalue weighted by Crippen LogP contribution is 2.38. The molecule has 0 spiro atoms. The third-order valence-electron chi connectivity index (χ3n) is 5.97. The predicted molar refractivity (Wildman–Crippen MR) is 146 cm³/mol. The molecule has 2 aromatic carbocycles. The molecule has 1 aliphatic rings. The predicted octanol–water partition coefficient (Wildman–Crippen LogP) is 6.71. The van der Waals surface area contributed by atoms with Crippen molar-refractivity contribution in [2.75, 3.05) is 23.0 Å². The molecule has 37 heavy (non-hydrogen) atoms. The van der Waals surface area contributed by atoms with Crippen LogP contribution in [0.3, 0.4) is 0 Å². The molecule has 1 aliphatic carbocycles. The van der Waals surface area contributed by atoms with Gasteiger partial charge in [0.05, 0.1) is 17.9 Å². The number of amides is 2. The van der Waals surface area contributed by atoms with Crippen LogP contribution in [0.2, 0.25) is 0 Å². The van der Waals surface area contributed by atoms with E-state index in [1.165, 1.54) is 53.8 Å². The summed E-state index contributed by atoms with van der Waals surface area (Å²) in [5.41, 5.74) is 2.45. The number of esters is 1. The third-order valence-corrected chi connectivity index (χ3v) is 8.17. The Labute approximate surface area is 224 Å². The molecular weight excluding hydrogens is 511 g/mol. The van der Waals surface area contributed by atoms with Gasteiger partial charge in [-0.2, -0.15) is 0 Å². The maximum atomic E-state index is 13.1. The molecule has 9 heteroatoms. The number of thiophene rings is 1. The zero-order valence-corrected chi connectivity index (χ0v) is 22.2. The second kappa shape index (κ2) is 12.9.